The molecule has 0 unspecified atom stereocenters. The maximum atomic E-state index is 11.8. The van der Waals surface area contributed by atoms with Crippen molar-refractivity contribution in [1.82, 2.24) is 10.2 Å². The number of ether oxygens (including phenoxy) is 1. The normalized spacial score (nSPS) is 24.4. The van der Waals surface area contributed by atoms with Gasteiger partial charge in [0.05, 0.1) is 19.6 Å². The van der Waals surface area contributed by atoms with Gasteiger partial charge < -0.3 is 15.0 Å². The average Bonchev–Trinajstić information content (AvgIpc) is 2.52. The minimum atomic E-state index is -0.202. The first-order chi connectivity index (χ1) is 8.54. The lowest BCUT2D eigenvalue weighted by Crippen LogP contribution is -2.46. The van der Waals surface area contributed by atoms with Crippen LogP contribution in [0.4, 0.5) is 0 Å². The van der Waals surface area contributed by atoms with Crippen LogP contribution < -0.4 is 5.32 Å². The molecule has 0 spiro atoms. The molecule has 18 heavy (non-hydrogen) atoms. The summed E-state index contributed by atoms with van der Waals surface area (Å²) in [7, 11) is 5.11. The van der Waals surface area contributed by atoms with Crippen molar-refractivity contribution in [3.63, 3.8) is 0 Å². The SMILES string of the molecule is COC(=O)[C@@H]1CCCCC[C@@H]1NC(=O)CN(C)C. The summed E-state index contributed by atoms with van der Waals surface area (Å²) >= 11 is 0. The van der Waals surface area contributed by atoms with E-state index in [1.54, 1.807) is 0 Å². The fraction of sp³-hybridized carbons (Fsp3) is 0.846. The molecule has 0 aromatic heterocycles. The molecule has 104 valence electrons. The smallest absolute Gasteiger partial charge is 0.310 e. The van der Waals surface area contributed by atoms with Crippen molar-refractivity contribution in [3.05, 3.63) is 0 Å². The number of nitrogens with zero attached hydrogens (tertiary/aromatic N) is 1. The number of methoxy groups -OCH3 is 1. The van der Waals surface area contributed by atoms with Crippen molar-refractivity contribution in [1.29, 1.82) is 0 Å². The molecule has 1 amide bonds. The zero-order valence-corrected chi connectivity index (χ0v) is 11.6. The van der Waals surface area contributed by atoms with E-state index in [1.807, 2.05) is 19.0 Å². The van der Waals surface area contributed by atoms with Crippen LogP contribution in [-0.2, 0) is 14.3 Å². The highest BCUT2D eigenvalue weighted by Crippen LogP contribution is 2.24. The van der Waals surface area contributed by atoms with Crippen molar-refractivity contribution in [3.8, 4) is 0 Å². The van der Waals surface area contributed by atoms with E-state index < -0.39 is 0 Å². The highest BCUT2D eigenvalue weighted by Gasteiger charge is 2.31. The minimum absolute atomic E-state index is 0.0270. The molecule has 0 heterocycles. The van der Waals surface area contributed by atoms with Gasteiger partial charge in [0, 0.05) is 6.04 Å². The Morgan fingerprint density at radius 2 is 1.89 bits per heavy atom. The summed E-state index contributed by atoms with van der Waals surface area (Å²) in [4.78, 5) is 25.4. The molecule has 5 heteroatoms. The summed E-state index contributed by atoms with van der Waals surface area (Å²) < 4.78 is 4.84. The first-order valence-corrected chi connectivity index (χ1v) is 6.56. The zero-order chi connectivity index (χ0) is 13.5. The number of carbonyl (C=O) groups excluding carboxylic acids is 2. The number of hydrogen-bond acceptors (Lipinski definition) is 4. The Morgan fingerprint density at radius 3 is 2.50 bits per heavy atom. The Bertz CT molecular complexity index is 292. The number of carbonyl (C=O) groups is 2. The molecule has 1 N–H and O–H groups in total. The summed E-state index contributed by atoms with van der Waals surface area (Å²) in [6.07, 6.45) is 4.87. The van der Waals surface area contributed by atoms with E-state index >= 15 is 0 Å². The maximum Gasteiger partial charge on any atom is 0.310 e. The summed E-state index contributed by atoms with van der Waals surface area (Å²) in [5.74, 6) is -0.420. The van der Waals surface area contributed by atoms with Gasteiger partial charge in [-0.3, -0.25) is 9.59 Å². The highest BCUT2D eigenvalue weighted by atomic mass is 16.5. The van der Waals surface area contributed by atoms with Gasteiger partial charge in [0.25, 0.3) is 0 Å². The number of amides is 1. The number of nitrogens with one attached hydrogen (secondary N) is 1. The molecule has 0 aromatic carbocycles. The summed E-state index contributed by atoms with van der Waals surface area (Å²) in [5, 5.41) is 2.97. The van der Waals surface area contributed by atoms with Gasteiger partial charge in [-0.2, -0.15) is 0 Å². The zero-order valence-electron chi connectivity index (χ0n) is 11.6. The number of rotatable bonds is 4. The van der Waals surface area contributed by atoms with Gasteiger partial charge in [0.15, 0.2) is 0 Å². The third-order valence-corrected chi connectivity index (χ3v) is 3.33. The second kappa shape index (κ2) is 7.36. The van der Waals surface area contributed by atoms with E-state index in [-0.39, 0.29) is 23.8 Å². The number of esters is 1. The first kappa shape index (κ1) is 15.0. The fourth-order valence-electron chi connectivity index (χ4n) is 2.45. The van der Waals surface area contributed by atoms with Crippen molar-refractivity contribution in [2.24, 2.45) is 5.92 Å². The summed E-state index contributed by atoms with van der Waals surface area (Å²) in [6, 6.07) is -0.0765. The van der Waals surface area contributed by atoms with E-state index in [4.69, 9.17) is 4.74 Å². The third-order valence-electron chi connectivity index (χ3n) is 3.33. The topological polar surface area (TPSA) is 58.6 Å². The van der Waals surface area contributed by atoms with Crippen molar-refractivity contribution in [2.45, 2.75) is 38.1 Å². The molecule has 1 rings (SSSR count). The Labute approximate surface area is 109 Å². The van der Waals surface area contributed by atoms with Gasteiger partial charge in [0.2, 0.25) is 5.91 Å². The predicted molar refractivity (Wildman–Crippen MR) is 69.1 cm³/mol. The van der Waals surface area contributed by atoms with Gasteiger partial charge in [-0.15, -0.1) is 0 Å². The molecule has 0 saturated heterocycles. The largest absolute Gasteiger partial charge is 0.469 e. The lowest BCUT2D eigenvalue weighted by Gasteiger charge is -2.24. The van der Waals surface area contributed by atoms with Crippen LogP contribution >= 0.6 is 0 Å². The molecule has 1 saturated carbocycles. The van der Waals surface area contributed by atoms with Gasteiger partial charge in [0.1, 0.15) is 0 Å². The second-order valence-corrected chi connectivity index (χ2v) is 5.18. The van der Waals surface area contributed by atoms with Gasteiger partial charge >= 0.3 is 5.97 Å². The van der Waals surface area contributed by atoms with Gasteiger partial charge in [-0.1, -0.05) is 19.3 Å². The van der Waals surface area contributed by atoms with Crippen LogP contribution in [0.25, 0.3) is 0 Å². The number of hydrogen-bond donors (Lipinski definition) is 1. The Balaban J connectivity index is 2.61. The molecule has 0 bridgehead atoms. The quantitative estimate of drug-likeness (QED) is 0.597. The minimum Gasteiger partial charge on any atom is -0.469 e. The molecular formula is C13H24N2O3. The number of likely N-dealkylation sites (N-methyl/N-ethyl adjacent to an activating group) is 1. The van der Waals surface area contributed by atoms with Crippen LogP contribution in [0, 0.1) is 5.92 Å². The van der Waals surface area contributed by atoms with Crippen LogP contribution in [0.5, 0.6) is 0 Å². The van der Waals surface area contributed by atoms with Crippen LogP contribution in [0.3, 0.4) is 0 Å². The molecule has 0 radical (unpaired) electrons. The fourth-order valence-corrected chi connectivity index (χ4v) is 2.45. The lowest BCUT2D eigenvalue weighted by molar-refractivity contribution is -0.147. The van der Waals surface area contributed by atoms with Gasteiger partial charge in [-0.25, -0.2) is 0 Å². The molecular weight excluding hydrogens is 232 g/mol. The van der Waals surface area contributed by atoms with Crippen LogP contribution in [0.2, 0.25) is 0 Å². The van der Waals surface area contributed by atoms with E-state index in [0.29, 0.717) is 6.54 Å². The van der Waals surface area contributed by atoms with Crippen molar-refractivity contribution in [2.75, 3.05) is 27.7 Å². The second-order valence-electron chi connectivity index (χ2n) is 5.18. The monoisotopic (exact) mass is 256 g/mol. The molecule has 2 atom stereocenters. The van der Waals surface area contributed by atoms with E-state index in [0.717, 1.165) is 32.1 Å². The average molecular weight is 256 g/mol. The molecule has 1 aliphatic carbocycles. The third kappa shape index (κ3) is 4.64. The molecule has 0 aromatic rings. The summed E-state index contributed by atoms with van der Waals surface area (Å²) in [5.41, 5.74) is 0. The standard InChI is InChI=1S/C13H24N2O3/c1-15(2)9-12(16)14-11-8-6-4-5-7-10(11)13(17)18-3/h10-11H,4-9H2,1-3H3,(H,14,16)/t10-,11+/m1/s1. The van der Waals surface area contributed by atoms with Crippen molar-refractivity contribution < 1.29 is 14.3 Å². The maximum absolute atomic E-state index is 11.8. The summed E-state index contributed by atoms with van der Waals surface area (Å²) in [6.45, 7) is 0.352. The highest BCUT2D eigenvalue weighted by molar-refractivity contribution is 5.80. The Morgan fingerprint density at radius 1 is 1.22 bits per heavy atom. The van der Waals surface area contributed by atoms with Crippen LogP contribution in [0.1, 0.15) is 32.1 Å². The Hall–Kier alpha value is -1.10. The molecule has 0 aliphatic heterocycles. The van der Waals surface area contributed by atoms with E-state index in [1.165, 1.54) is 7.11 Å². The van der Waals surface area contributed by atoms with Crippen LogP contribution in [-0.4, -0.2) is 50.6 Å². The first-order valence-electron chi connectivity index (χ1n) is 6.56. The predicted octanol–water partition coefficient (Wildman–Crippen LogP) is 0.786. The van der Waals surface area contributed by atoms with E-state index in [9.17, 15) is 9.59 Å². The van der Waals surface area contributed by atoms with Crippen LogP contribution in [0.15, 0.2) is 0 Å². The lowest BCUT2D eigenvalue weighted by atomic mass is 9.95. The molecule has 1 aliphatic rings. The van der Waals surface area contributed by atoms with Crippen molar-refractivity contribution >= 4 is 11.9 Å². The molecule has 1 fully saturated rings. The van der Waals surface area contributed by atoms with Gasteiger partial charge in [-0.05, 0) is 26.9 Å². The Kier molecular flexibility index (Phi) is 6.12. The van der Waals surface area contributed by atoms with E-state index in [2.05, 4.69) is 5.32 Å². The molecule has 5 nitrogen and oxygen atoms in total.